The summed E-state index contributed by atoms with van der Waals surface area (Å²) in [6.45, 7) is 5.51. The van der Waals surface area contributed by atoms with Gasteiger partial charge in [0, 0.05) is 147 Å². The number of rotatable bonds is 20. The second-order valence-electron chi connectivity index (χ2n) is 36.8. The second-order valence-corrected chi connectivity index (χ2v) is 39.2. The van der Waals surface area contributed by atoms with Gasteiger partial charge in [-0.2, -0.15) is 0 Å². The van der Waals surface area contributed by atoms with Crippen LogP contribution in [0.15, 0.2) is 185 Å². The normalized spacial score (nSPS) is 18.8. The largest absolute Gasteiger partial charge is 0.477 e. The van der Waals surface area contributed by atoms with Crippen molar-refractivity contribution in [3.05, 3.63) is 297 Å². The maximum absolute atomic E-state index is 15.5. The molecular formula is C105H98Cl6F6N12O11. The molecule has 3 N–H and O–H groups in total. The molecule has 728 valence electrons. The van der Waals surface area contributed by atoms with Crippen LogP contribution in [-0.4, -0.2) is 159 Å². The van der Waals surface area contributed by atoms with Crippen molar-refractivity contribution >= 4 is 185 Å². The number of halogens is 12. The first-order chi connectivity index (χ1) is 67.4. The van der Waals surface area contributed by atoms with Gasteiger partial charge in [0.1, 0.15) is 51.6 Å². The zero-order valence-electron chi connectivity index (χ0n) is 76.1. The molecular weight excluding hydrogens is 1930 g/mol. The lowest BCUT2D eigenvalue weighted by atomic mass is 10.1. The van der Waals surface area contributed by atoms with E-state index < -0.39 is 68.5 Å². The standard InChI is InChI=1S/C27H26ClF2N3O2.2C26H24Cl2FN3O3.C26H24ClF2N3O3/c1-16(34)21-15-33(19-9-10-19)25-20(27(21)35)12-23(30)26(24(25)28)32-11-5-4-7-18(14-32)31-13-17-6-2-3-8-22(17)29;27-20-7-2-1-5-15(20)12-30-16-6-3-4-10-31(13-16)24-21(29)11-18-23(22(24)28)32(17-8-9-17)14-19(25(18)33)26(34)35;27-16-6-4-15(5-7-16)12-30-17-3-1-2-10-31(13-17)24-21(29)11-19-23(22(24)28)32(18-8-9-18)14-20(25(19)33)26(34)35;27-22-23-19(25(33)20(26(34)35)14-32(23)18-8-9-18)11-21(29)24(22)31-10-2-1-3-17(13-31)30-12-15-4-6-16(28)7-5-15/h2-3,6,8,12-13,15,18-19H,4-5,7,9-11,14H2,1H3;1-2,5,7,11-12,14,16-17H,3-4,6,8-10,13H2,(H,34,35);2*4-7,11-12,14,17-18H,1-3,8-10,13H2,(H,34,35)/t18-;16-;2*17-/m1111/s1. The molecule has 12 aromatic rings. The Morgan fingerprint density at radius 3 is 0.914 bits per heavy atom. The Labute approximate surface area is 830 Å². The number of aliphatic imine (C=N–C) groups is 4. The van der Waals surface area contributed by atoms with E-state index in [0.29, 0.717) is 90.0 Å². The molecule has 4 aromatic heterocycles. The summed E-state index contributed by atoms with van der Waals surface area (Å²) < 4.78 is 96.3. The summed E-state index contributed by atoms with van der Waals surface area (Å²) in [4.78, 5) is 125. The lowest BCUT2D eigenvalue weighted by Gasteiger charge is -2.27. The van der Waals surface area contributed by atoms with Gasteiger partial charge in [0.15, 0.2) is 11.2 Å². The van der Waals surface area contributed by atoms with Gasteiger partial charge >= 0.3 is 17.9 Å². The predicted molar refractivity (Wildman–Crippen MR) is 542 cm³/mol. The van der Waals surface area contributed by atoms with Crippen molar-refractivity contribution in [3.63, 3.8) is 0 Å². The number of hydrogen-bond acceptors (Lipinski definition) is 16. The smallest absolute Gasteiger partial charge is 0.341 e. The molecule has 0 bridgehead atoms. The molecule has 0 spiro atoms. The predicted octanol–water partition coefficient (Wildman–Crippen LogP) is 23.3. The average molecular weight is 2030 g/mol. The highest BCUT2D eigenvalue weighted by Crippen LogP contribution is 2.49. The van der Waals surface area contributed by atoms with Gasteiger partial charge < -0.3 is 53.2 Å². The van der Waals surface area contributed by atoms with Gasteiger partial charge in [-0.1, -0.05) is 130 Å². The lowest BCUT2D eigenvalue weighted by molar-refractivity contribution is 0.0684. The van der Waals surface area contributed by atoms with Crippen LogP contribution in [0.1, 0.15) is 223 Å². The van der Waals surface area contributed by atoms with E-state index in [1.165, 1.54) is 56.0 Å². The number of carboxylic acid groups (broad SMARTS) is 3. The molecule has 0 radical (unpaired) electrons. The maximum Gasteiger partial charge on any atom is 0.341 e. The Bertz CT molecular complexity index is 6840. The van der Waals surface area contributed by atoms with Gasteiger partial charge in [-0.05, 0) is 207 Å². The topological polar surface area (TPSA) is 279 Å². The van der Waals surface area contributed by atoms with E-state index in [-0.39, 0.29) is 147 Å². The first-order valence-corrected chi connectivity index (χ1v) is 49.2. The minimum Gasteiger partial charge on any atom is -0.477 e. The fourth-order valence-electron chi connectivity index (χ4n) is 18.9. The summed E-state index contributed by atoms with van der Waals surface area (Å²) in [5, 5.41) is 30.4. The van der Waals surface area contributed by atoms with Crippen molar-refractivity contribution in [1.29, 1.82) is 0 Å². The molecule has 4 saturated carbocycles. The molecule has 8 heterocycles. The minimum atomic E-state index is -1.35. The number of carbonyl (C=O) groups excluding carboxylic acids is 1. The van der Waals surface area contributed by atoms with E-state index in [4.69, 9.17) is 79.6 Å². The van der Waals surface area contributed by atoms with Crippen molar-refractivity contribution in [3.8, 4) is 0 Å². The maximum atomic E-state index is 15.5. The van der Waals surface area contributed by atoms with Crippen LogP contribution >= 0.6 is 69.6 Å². The second kappa shape index (κ2) is 43.1. The van der Waals surface area contributed by atoms with Crippen LogP contribution in [0.25, 0.3) is 43.6 Å². The monoisotopic (exact) mass is 2030 g/mol. The number of carbonyl (C=O) groups is 4. The Morgan fingerprint density at radius 1 is 0.336 bits per heavy atom. The van der Waals surface area contributed by atoms with Crippen molar-refractivity contribution in [2.45, 2.75) is 184 Å². The van der Waals surface area contributed by atoms with Crippen LogP contribution in [0.5, 0.6) is 0 Å². The third-order valence-electron chi connectivity index (χ3n) is 26.7. The number of Topliss-reactive ketones (excluding diaryl/α,β-unsaturated/α-hetero) is 1. The van der Waals surface area contributed by atoms with Crippen molar-refractivity contribution in [1.82, 2.24) is 18.3 Å². The molecule has 35 heteroatoms. The molecule has 4 aliphatic carbocycles. The molecule has 0 amide bonds. The molecule has 4 saturated heterocycles. The Hall–Kier alpha value is -12.1. The molecule has 4 aliphatic heterocycles. The van der Waals surface area contributed by atoms with Crippen molar-refractivity contribution in [2.75, 3.05) is 72.0 Å². The van der Waals surface area contributed by atoms with E-state index in [1.54, 1.807) is 68.9 Å². The Morgan fingerprint density at radius 2 is 0.614 bits per heavy atom. The summed E-state index contributed by atoms with van der Waals surface area (Å²) in [5.74, 6) is -7.55. The number of ketones is 1. The highest BCUT2D eigenvalue weighted by atomic mass is 35.5. The van der Waals surface area contributed by atoms with Crippen molar-refractivity contribution in [2.24, 2.45) is 20.0 Å². The van der Waals surface area contributed by atoms with Crippen LogP contribution in [0.4, 0.5) is 49.1 Å². The fraction of sp³-hybridized carbons (Fsp3) is 0.352. The van der Waals surface area contributed by atoms with Gasteiger partial charge in [-0.25, -0.2) is 40.7 Å². The summed E-state index contributed by atoms with van der Waals surface area (Å²) in [7, 11) is 0. The number of nitrogens with zero attached hydrogens (tertiary/aromatic N) is 12. The summed E-state index contributed by atoms with van der Waals surface area (Å²) >= 11 is 39.5. The molecule has 140 heavy (non-hydrogen) atoms. The van der Waals surface area contributed by atoms with Gasteiger partial charge in [0.25, 0.3) is 0 Å². The van der Waals surface area contributed by atoms with Crippen LogP contribution in [0.3, 0.4) is 0 Å². The Kier molecular flexibility index (Phi) is 30.6. The van der Waals surface area contributed by atoms with Crippen molar-refractivity contribution < 1.29 is 60.8 Å². The van der Waals surface area contributed by atoms with Gasteiger partial charge in [-0.15, -0.1) is 0 Å². The molecule has 4 atom stereocenters. The van der Waals surface area contributed by atoms with Gasteiger partial charge in [0.2, 0.25) is 16.3 Å². The van der Waals surface area contributed by atoms with Gasteiger partial charge in [0.05, 0.1) is 116 Å². The first-order valence-electron chi connectivity index (χ1n) is 47.0. The zero-order valence-corrected chi connectivity index (χ0v) is 80.6. The molecule has 20 rings (SSSR count). The van der Waals surface area contributed by atoms with Crippen LogP contribution < -0.4 is 41.3 Å². The fourth-order valence-corrected chi connectivity index (χ4v) is 20.9. The SMILES string of the molecule is CC(=O)c1cn(C2CC2)c2c(Cl)c(N3CCCC[C@@H](N=Cc4ccccc4F)C3)c(F)cc2c1=O.O=C(O)c1cn(C2CC2)c2c(Cl)c(N3CCCC[C@@H](N=Cc4ccc(Cl)cc4)C3)c(F)cc2c1=O.O=C(O)c1cn(C2CC2)c2c(Cl)c(N3CCCC[C@@H](N=Cc4ccc(F)cc4)C3)c(F)cc2c1=O.O=C(O)c1cn(C2CC2)c2c(Cl)c(N3CCCC[C@@H](N=Cc4ccccc4Cl)C3)c(F)cc2c1=O. The third-order valence-corrected chi connectivity index (χ3v) is 28.7. The molecule has 8 aromatic carbocycles. The number of hydrogen-bond donors (Lipinski definition) is 3. The van der Waals surface area contributed by atoms with E-state index in [1.807, 2.05) is 72.7 Å². The zero-order chi connectivity index (χ0) is 98.8. The summed E-state index contributed by atoms with van der Waals surface area (Å²) in [6.07, 6.45) is 29.7. The molecule has 8 aliphatic rings. The number of pyridine rings is 4. The number of aromatic carboxylic acids is 3. The average Bonchev–Trinajstić information content (AvgIpc) is 1.51. The molecule has 23 nitrogen and oxygen atoms in total. The summed E-state index contributed by atoms with van der Waals surface area (Å²) in [5.41, 5.74) is 1.70. The third kappa shape index (κ3) is 22.1. The van der Waals surface area contributed by atoms with Crippen LogP contribution in [0, 0.1) is 34.9 Å². The van der Waals surface area contributed by atoms with E-state index in [0.717, 1.165) is 163 Å². The molecule has 8 fully saturated rings. The van der Waals surface area contributed by atoms with E-state index >= 15 is 17.6 Å². The number of benzene rings is 8. The first kappa shape index (κ1) is 99.4. The number of aromatic nitrogens is 4. The number of carboxylic acids is 3. The van der Waals surface area contributed by atoms with Gasteiger partial charge in [-0.3, -0.25) is 43.9 Å². The highest BCUT2D eigenvalue weighted by Gasteiger charge is 2.38. The van der Waals surface area contributed by atoms with E-state index in [9.17, 15) is 62.5 Å². The minimum absolute atomic E-state index is 0.00446. The highest BCUT2D eigenvalue weighted by molar-refractivity contribution is 6.40. The number of anilines is 4. The number of fused-ring (bicyclic) bond motifs is 4. The van der Waals surface area contributed by atoms with Crippen LogP contribution in [0.2, 0.25) is 30.1 Å². The molecule has 0 unspecified atom stereocenters. The summed E-state index contributed by atoms with van der Waals surface area (Å²) in [6, 6.07) is 31.8. The quantitative estimate of drug-likeness (QED) is 0.0363. The van der Waals surface area contributed by atoms with E-state index in [2.05, 4.69) is 9.98 Å². The lowest BCUT2D eigenvalue weighted by Crippen LogP contribution is -2.31. The van der Waals surface area contributed by atoms with Crippen LogP contribution in [-0.2, 0) is 0 Å². The Balaban J connectivity index is 0.000000129.